The fraction of sp³-hybridized carbons (Fsp3) is 0.316. The number of benzene rings is 1. The Morgan fingerprint density at radius 3 is 2.83 bits per heavy atom. The molecule has 1 fully saturated rings. The number of aliphatic hydroxyl groups excluding tert-OH is 1. The summed E-state index contributed by atoms with van der Waals surface area (Å²) in [5.41, 5.74) is -0.954. The van der Waals surface area contributed by atoms with Gasteiger partial charge < -0.3 is 19.3 Å². The van der Waals surface area contributed by atoms with Crippen molar-refractivity contribution in [3.8, 4) is 5.75 Å². The first kappa shape index (κ1) is 21.0. The molecule has 29 heavy (non-hydrogen) atoms. The number of para-hydroxylation sites is 1. The van der Waals surface area contributed by atoms with Gasteiger partial charge in [0.2, 0.25) is 0 Å². The van der Waals surface area contributed by atoms with Crippen molar-refractivity contribution in [2.75, 3.05) is 13.2 Å². The molecule has 0 saturated carbocycles. The van der Waals surface area contributed by atoms with Crippen LogP contribution in [-0.2, 0) is 14.3 Å². The molecule has 0 bridgehead atoms. The highest BCUT2D eigenvalue weighted by Crippen LogP contribution is 2.28. The average molecular weight is 467 g/mol. The van der Waals surface area contributed by atoms with E-state index in [0.29, 0.717) is 5.75 Å². The molecule has 1 unspecified atom stereocenters. The average Bonchev–Trinajstić information content (AvgIpc) is 3.08. The Morgan fingerprint density at radius 1 is 1.34 bits per heavy atom. The van der Waals surface area contributed by atoms with Crippen molar-refractivity contribution in [1.29, 1.82) is 0 Å². The fourth-order valence-corrected chi connectivity index (χ4v) is 3.10. The number of hydrogen-bond donors (Lipinski definition) is 2. The Morgan fingerprint density at radius 2 is 2.10 bits per heavy atom. The largest absolute Gasteiger partial charge is 0.482 e. The van der Waals surface area contributed by atoms with Gasteiger partial charge in [-0.1, -0.05) is 34.1 Å². The first-order chi connectivity index (χ1) is 14.0. The van der Waals surface area contributed by atoms with Gasteiger partial charge in [0.25, 0.3) is 5.56 Å². The minimum absolute atomic E-state index is 0.103. The summed E-state index contributed by atoms with van der Waals surface area (Å²) in [6, 6.07) is 8.81. The molecule has 1 aliphatic rings. The lowest BCUT2D eigenvalue weighted by Crippen LogP contribution is -2.33. The van der Waals surface area contributed by atoms with Gasteiger partial charge in [0, 0.05) is 12.6 Å². The van der Waals surface area contributed by atoms with Gasteiger partial charge in [0.05, 0.1) is 11.7 Å². The third-order valence-electron chi connectivity index (χ3n) is 4.26. The van der Waals surface area contributed by atoms with Gasteiger partial charge in [0.15, 0.2) is 6.61 Å². The topological polar surface area (TPSA) is 120 Å². The van der Waals surface area contributed by atoms with E-state index in [-0.39, 0.29) is 25.2 Å². The molecule has 10 heteroatoms. The minimum atomic E-state index is -0.947. The monoisotopic (exact) mass is 466 g/mol. The van der Waals surface area contributed by atoms with E-state index in [4.69, 9.17) is 14.2 Å². The third-order valence-corrected chi connectivity index (χ3v) is 4.53. The molecule has 0 amide bonds. The van der Waals surface area contributed by atoms with Crippen molar-refractivity contribution in [1.82, 2.24) is 9.55 Å². The molecule has 3 rings (SSSR count). The number of esters is 1. The number of nitrogens with zero attached hydrogens (tertiary/aromatic N) is 1. The van der Waals surface area contributed by atoms with Gasteiger partial charge in [-0.05, 0) is 23.2 Å². The van der Waals surface area contributed by atoms with Gasteiger partial charge in [0.1, 0.15) is 24.7 Å². The quantitative estimate of drug-likeness (QED) is 0.587. The second-order valence-electron chi connectivity index (χ2n) is 6.26. The fourth-order valence-electron chi connectivity index (χ4n) is 2.81. The Hall–Kier alpha value is -2.69. The van der Waals surface area contributed by atoms with Crippen LogP contribution in [0.25, 0.3) is 6.08 Å². The zero-order valence-corrected chi connectivity index (χ0v) is 16.8. The predicted octanol–water partition coefficient (Wildman–Crippen LogP) is 1.17. The van der Waals surface area contributed by atoms with Gasteiger partial charge in [-0.15, -0.1) is 0 Å². The molecule has 0 spiro atoms. The van der Waals surface area contributed by atoms with Crippen LogP contribution in [0.5, 0.6) is 5.75 Å². The van der Waals surface area contributed by atoms with Crippen molar-refractivity contribution < 1.29 is 24.1 Å². The Kier molecular flexibility index (Phi) is 7.02. The van der Waals surface area contributed by atoms with Crippen molar-refractivity contribution in [2.45, 2.75) is 24.9 Å². The summed E-state index contributed by atoms with van der Waals surface area (Å²) >= 11 is 3.08. The van der Waals surface area contributed by atoms with Crippen LogP contribution in [0.4, 0.5) is 0 Å². The molecular formula is C19H19BrN2O7. The summed E-state index contributed by atoms with van der Waals surface area (Å²) in [5.74, 6) is -0.0773. The SMILES string of the molecule is O=C(COc1ccccc1)OC[C@@H]1O[C@H](n2cc(/C=C/Br)c(=O)[nH]c2=O)CC1O. The lowest BCUT2D eigenvalue weighted by atomic mass is 10.2. The van der Waals surface area contributed by atoms with Crippen molar-refractivity contribution in [3.05, 3.63) is 67.9 Å². The summed E-state index contributed by atoms with van der Waals surface area (Å²) in [4.78, 5) is 39.4. The van der Waals surface area contributed by atoms with E-state index in [2.05, 4.69) is 20.9 Å². The summed E-state index contributed by atoms with van der Waals surface area (Å²) in [6.45, 7) is -0.473. The third kappa shape index (κ3) is 5.43. The smallest absolute Gasteiger partial charge is 0.344 e. The number of carbonyl (C=O) groups is 1. The van der Waals surface area contributed by atoms with Crippen LogP contribution in [0.1, 0.15) is 18.2 Å². The Balaban J connectivity index is 1.57. The van der Waals surface area contributed by atoms with E-state index in [1.165, 1.54) is 21.8 Å². The predicted molar refractivity (Wildman–Crippen MR) is 107 cm³/mol. The molecule has 154 valence electrons. The second-order valence-corrected chi connectivity index (χ2v) is 6.79. The van der Waals surface area contributed by atoms with E-state index in [1.54, 1.807) is 24.3 Å². The number of halogens is 1. The molecule has 2 aromatic rings. The Bertz CT molecular complexity index is 986. The number of aromatic nitrogens is 2. The number of H-pyrrole nitrogens is 1. The van der Waals surface area contributed by atoms with Gasteiger partial charge in [-0.25, -0.2) is 9.59 Å². The van der Waals surface area contributed by atoms with Crippen LogP contribution in [0, 0.1) is 0 Å². The van der Waals surface area contributed by atoms with E-state index in [0.717, 1.165) is 0 Å². The maximum atomic E-state index is 12.1. The number of aliphatic hydroxyl groups is 1. The molecular weight excluding hydrogens is 448 g/mol. The first-order valence-electron chi connectivity index (χ1n) is 8.77. The lowest BCUT2D eigenvalue weighted by Gasteiger charge is -2.16. The number of nitrogens with one attached hydrogen (secondary N) is 1. The number of aromatic amines is 1. The first-order valence-corrected chi connectivity index (χ1v) is 9.68. The second kappa shape index (κ2) is 9.68. The molecule has 0 aliphatic carbocycles. The molecule has 0 radical (unpaired) electrons. The van der Waals surface area contributed by atoms with Gasteiger partial charge in [-0.3, -0.25) is 14.3 Å². The Labute approximate surface area is 173 Å². The molecule has 1 saturated heterocycles. The molecule has 1 aromatic carbocycles. The zero-order chi connectivity index (χ0) is 20.8. The highest BCUT2D eigenvalue weighted by molar-refractivity contribution is 9.11. The van der Waals surface area contributed by atoms with E-state index < -0.39 is 35.7 Å². The van der Waals surface area contributed by atoms with E-state index in [9.17, 15) is 19.5 Å². The van der Waals surface area contributed by atoms with Crippen LogP contribution < -0.4 is 16.0 Å². The molecule has 9 nitrogen and oxygen atoms in total. The number of ether oxygens (including phenoxy) is 3. The molecule has 1 aliphatic heterocycles. The summed E-state index contributed by atoms with van der Waals surface area (Å²) in [6.07, 6.45) is 0.365. The van der Waals surface area contributed by atoms with Crippen molar-refractivity contribution >= 4 is 28.0 Å². The summed E-state index contributed by atoms with van der Waals surface area (Å²) in [5, 5.41) is 10.2. The maximum absolute atomic E-state index is 12.1. The summed E-state index contributed by atoms with van der Waals surface area (Å²) < 4.78 is 17.3. The van der Waals surface area contributed by atoms with Crippen LogP contribution in [0.2, 0.25) is 0 Å². The highest BCUT2D eigenvalue weighted by atomic mass is 79.9. The summed E-state index contributed by atoms with van der Waals surface area (Å²) in [7, 11) is 0. The number of carbonyl (C=O) groups excluding carboxylic acids is 1. The molecule has 3 atom stereocenters. The number of rotatable bonds is 7. The van der Waals surface area contributed by atoms with Crippen molar-refractivity contribution in [3.63, 3.8) is 0 Å². The van der Waals surface area contributed by atoms with Crippen LogP contribution >= 0.6 is 15.9 Å². The van der Waals surface area contributed by atoms with E-state index in [1.807, 2.05) is 6.07 Å². The molecule has 2 N–H and O–H groups in total. The van der Waals surface area contributed by atoms with Gasteiger partial charge >= 0.3 is 11.7 Å². The highest BCUT2D eigenvalue weighted by Gasteiger charge is 2.36. The molecule has 2 heterocycles. The normalized spacial score (nSPS) is 21.4. The van der Waals surface area contributed by atoms with Gasteiger partial charge in [-0.2, -0.15) is 0 Å². The van der Waals surface area contributed by atoms with Crippen LogP contribution in [-0.4, -0.2) is 46.0 Å². The van der Waals surface area contributed by atoms with Crippen LogP contribution in [0.15, 0.2) is 51.1 Å². The van der Waals surface area contributed by atoms with Crippen LogP contribution in [0.3, 0.4) is 0 Å². The standard InChI is InChI=1S/C19H19BrN2O7/c20-7-6-12-9-22(19(26)21-18(12)25)16-8-14(23)15(29-16)10-28-17(24)11-27-13-4-2-1-3-5-13/h1-7,9,14-16,23H,8,10-11H2,(H,21,25,26)/b7-6+/t14?,15-,16-/m0/s1. The zero-order valence-electron chi connectivity index (χ0n) is 15.2. The number of hydrogen-bond acceptors (Lipinski definition) is 7. The van der Waals surface area contributed by atoms with Crippen molar-refractivity contribution in [2.24, 2.45) is 0 Å². The lowest BCUT2D eigenvalue weighted by molar-refractivity contribution is -0.152. The minimum Gasteiger partial charge on any atom is -0.482 e. The molecule has 1 aromatic heterocycles. The van der Waals surface area contributed by atoms with E-state index >= 15 is 0 Å². The maximum Gasteiger partial charge on any atom is 0.344 e.